The summed E-state index contributed by atoms with van der Waals surface area (Å²) in [5.74, 6) is 0. The number of hydrogen-bond donors (Lipinski definition) is 0. The summed E-state index contributed by atoms with van der Waals surface area (Å²) >= 11 is 0. The van der Waals surface area contributed by atoms with Gasteiger partial charge in [0.1, 0.15) is 0 Å². The third-order valence-corrected chi connectivity index (χ3v) is 21.5. The lowest BCUT2D eigenvalue weighted by atomic mass is 9.69. The first-order valence-electron chi connectivity index (χ1n) is 31.7. The zero-order valence-electron chi connectivity index (χ0n) is 51.1. The monoisotopic (exact) mass is 1140 g/mol. The van der Waals surface area contributed by atoms with E-state index in [1.807, 2.05) is 0 Å². The molecule has 0 aromatic heterocycles. The number of rotatable bonds is 7. The second-order valence-electron chi connectivity index (χ2n) is 27.1. The van der Waals surface area contributed by atoms with Crippen molar-refractivity contribution in [3.8, 4) is 100 Å². The van der Waals surface area contributed by atoms with Crippen molar-refractivity contribution < 1.29 is 0 Å². The minimum absolute atomic E-state index is 0.108. The van der Waals surface area contributed by atoms with Gasteiger partial charge >= 0.3 is 0 Å². The van der Waals surface area contributed by atoms with Gasteiger partial charge in [0.05, 0.1) is 5.41 Å². The summed E-state index contributed by atoms with van der Waals surface area (Å²) in [6.07, 6.45) is 0. The number of benzene rings is 13. The smallest absolute Gasteiger partial charge is 0.0725 e. The predicted molar refractivity (Wildman–Crippen MR) is 372 cm³/mol. The van der Waals surface area contributed by atoms with Crippen LogP contribution in [0.25, 0.3) is 100 Å². The molecular weight excluding hydrogens is 1070 g/mol. The van der Waals surface area contributed by atoms with Gasteiger partial charge in [-0.1, -0.05) is 266 Å². The second-order valence-corrected chi connectivity index (χ2v) is 27.1. The number of anilines is 3. The van der Waals surface area contributed by atoms with Gasteiger partial charge < -0.3 is 4.90 Å². The Labute approximate surface area is 522 Å². The molecule has 1 heteroatoms. The lowest BCUT2D eigenvalue weighted by Crippen LogP contribution is -2.26. The van der Waals surface area contributed by atoms with Gasteiger partial charge in [0.15, 0.2) is 0 Å². The molecule has 1 nitrogen and oxygen atoms in total. The predicted octanol–water partition coefficient (Wildman–Crippen LogP) is 23.1. The molecule has 5 aliphatic rings. The average molecular weight is 1140 g/mol. The molecule has 0 fully saturated rings. The maximum atomic E-state index is 2.53. The summed E-state index contributed by atoms with van der Waals surface area (Å²) in [7, 11) is 0. The van der Waals surface area contributed by atoms with Crippen molar-refractivity contribution in [3.63, 3.8) is 0 Å². The average Bonchev–Trinajstić information content (AvgIpc) is 1.51. The van der Waals surface area contributed by atoms with Gasteiger partial charge in [0.25, 0.3) is 0 Å². The van der Waals surface area contributed by atoms with E-state index in [1.165, 1.54) is 156 Å². The molecule has 18 rings (SSSR count). The number of fused-ring (bicyclic) bond motifs is 20. The van der Waals surface area contributed by atoms with E-state index in [2.05, 4.69) is 332 Å². The van der Waals surface area contributed by atoms with Crippen LogP contribution in [0.2, 0.25) is 0 Å². The van der Waals surface area contributed by atoms with Gasteiger partial charge in [-0.05, 0) is 216 Å². The van der Waals surface area contributed by atoms with Crippen molar-refractivity contribution >= 4 is 17.1 Å². The van der Waals surface area contributed by atoms with Crippen LogP contribution in [0, 0.1) is 0 Å². The van der Waals surface area contributed by atoms with Crippen LogP contribution in [0.1, 0.15) is 97.2 Å². The Hall–Kier alpha value is -10.3. The summed E-state index contributed by atoms with van der Waals surface area (Å²) in [6, 6.07) is 109. The molecule has 1 unspecified atom stereocenters. The number of hydrogen-bond acceptors (Lipinski definition) is 1. The molecule has 13 aromatic rings. The molecule has 0 aliphatic heterocycles. The molecular formula is C88H65N. The van der Waals surface area contributed by atoms with Crippen LogP contribution in [0.5, 0.6) is 0 Å². The fraction of sp³-hybridized carbons (Fsp3) is 0.114. The summed E-state index contributed by atoms with van der Waals surface area (Å²) < 4.78 is 0. The quantitative estimate of drug-likeness (QED) is 0.154. The van der Waals surface area contributed by atoms with Crippen LogP contribution in [-0.4, -0.2) is 0 Å². The molecule has 0 saturated heterocycles. The molecule has 0 N–H and O–H groups in total. The Bertz CT molecular complexity index is 5020. The van der Waals surface area contributed by atoms with Gasteiger partial charge in [-0.15, -0.1) is 0 Å². The topological polar surface area (TPSA) is 3.24 Å². The largest absolute Gasteiger partial charge is 0.310 e. The lowest BCUT2D eigenvalue weighted by molar-refractivity contribution is 0.660. The molecule has 1 spiro atoms. The van der Waals surface area contributed by atoms with E-state index in [9.17, 15) is 0 Å². The van der Waals surface area contributed by atoms with Crippen LogP contribution < -0.4 is 4.90 Å². The fourth-order valence-electron chi connectivity index (χ4n) is 17.1. The standard InChI is InChI=1S/C88H65N/c1-85(2)75-29-17-13-25-71(75)83-78(85)46-47-79-84(83)72-26-14-19-31-77(72)88(79)76-30-18-12-24-67(76)70-45-36-57(53-82(70)88)56-34-41-63(42-35-56)89(62-39-32-55(33-40-62)54-20-8-7-9-21-54)64-49-60(58-37-43-68-65-22-10-15-27-73(65)86(3,4)80(68)51-58)48-61(50-64)59-38-44-69-66-23-11-16-28-74(66)87(5,6)81(69)52-59/h7-53H,1-6H3. The van der Waals surface area contributed by atoms with E-state index in [0.29, 0.717) is 0 Å². The highest BCUT2D eigenvalue weighted by Gasteiger charge is 2.54. The van der Waals surface area contributed by atoms with Crippen LogP contribution in [0.15, 0.2) is 285 Å². The molecule has 422 valence electrons. The van der Waals surface area contributed by atoms with Gasteiger partial charge in [-0.25, -0.2) is 0 Å². The normalized spacial score (nSPS) is 16.3. The van der Waals surface area contributed by atoms with Crippen LogP contribution in [0.4, 0.5) is 17.1 Å². The molecule has 0 amide bonds. The van der Waals surface area contributed by atoms with Gasteiger partial charge in [-0.2, -0.15) is 0 Å². The summed E-state index contributed by atoms with van der Waals surface area (Å²) in [5, 5.41) is 0. The summed E-state index contributed by atoms with van der Waals surface area (Å²) in [6.45, 7) is 14.3. The van der Waals surface area contributed by atoms with E-state index in [4.69, 9.17) is 0 Å². The maximum absolute atomic E-state index is 2.53. The lowest BCUT2D eigenvalue weighted by Gasteiger charge is -2.31. The first-order chi connectivity index (χ1) is 43.4. The van der Waals surface area contributed by atoms with E-state index >= 15 is 0 Å². The van der Waals surface area contributed by atoms with Crippen LogP contribution in [0.3, 0.4) is 0 Å². The highest BCUT2D eigenvalue weighted by atomic mass is 15.1. The highest BCUT2D eigenvalue weighted by molar-refractivity contribution is 6.04. The molecule has 13 aromatic carbocycles. The zero-order chi connectivity index (χ0) is 59.7. The SMILES string of the molecule is CC1(C)c2ccccc2-c2ccc(-c3cc(-c4ccc5c(c4)C(C)(C)c4ccccc4-5)cc(N(c4ccc(-c5ccccc5)cc4)c4ccc(-c5ccc6c(c5)C5(c7ccccc7-6)c6ccccc6-c6c5ccc5c6-c6ccccc6C5(C)C)cc4)c3)cc21. The van der Waals surface area contributed by atoms with Crippen LogP contribution in [-0.2, 0) is 21.7 Å². The van der Waals surface area contributed by atoms with E-state index in [1.54, 1.807) is 0 Å². The highest BCUT2D eigenvalue weighted by Crippen LogP contribution is 2.67. The van der Waals surface area contributed by atoms with Gasteiger partial charge in [0, 0.05) is 33.3 Å². The Morgan fingerprint density at radius 3 is 1.04 bits per heavy atom. The fourth-order valence-corrected chi connectivity index (χ4v) is 17.1. The summed E-state index contributed by atoms with van der Waals surface area (Å²) in [4.78, 5) is 2.48. The third kappa shape index (κ3) is 7.19. The van der Waals surface area contributed by atoms with E-state index in [0.717, 1.165) is 17.1 Å². The van der Waals surface area contributed by atoms with Gasteiger partial charge in [0.2, 0.25) is 0 Å². The molecule has 5 aliphatic carbocycles. The Balaban J connectivity index is 0.805. The van der Waals surface area contributed by atoms with Crippen molar-refractivity contribution in [2.75, 3.05) is 4.90 Å². The van der Waals surface area contributed by atoms with Crippen LogP contribution >= 0.6 is 0 Å². The second kappa shape index (κ2) is 18.6. The number of nitrogens with zero attached hydrogens (tertiary/aromatic N) is 1. The van der Waals surface area contributed by atoms with Crippen molar-refractivity contribution in [1.29, 1.82) is 0 Å². The van der Waals surface area contributed by atoms with Crippen molar-refractivity contribution in [3.05, 3.63) is 341 Å². The zero-order valence-corrected chi connectivity index (χ0v) is 51.1. The molecule has 1 atom stereocenters. The third-order valence-electron chi connectivity index (χ3n) is 21.5. The molecule has 0 bridgehead atoms. The molecule has 89 heavy (non-hydrogen) atoms. The molecule has 0 radical (unpaired) electrons. The molecule has 0 heterocycles. The van der Waals surface area contributed by atoms with Crippen molar-refractivity contribution in [2.45, 2.75) is 63.2 Å². The molecule has 0 saturated carbocycles. The first-order valence-corrected chi connectivity index (χ1v) is 31.7. The van der Waals surface area contributed by atoms with Gasteiger partial charge in [-0.3, -0.25) is 0 Å². The minimum Gasteiger partial charge on any atom is -0.310 e. The minimum atomic E-state index is -0.493. The Morgan fingerprint density at radius 2 is 0.517 bits per heavy atom. The van der Waals surface area contributed by atoms with E-state index in [-0.39, 0.29) is 16.2 Å². The Morgan fingerprint density at radius 1 is 0.191 bits per heavy atom. The summed E-state index contributed by atoms with van der Waals surface area (Å²) in [5.41, 5.74) is 39.1. The maximum Gasteiger partial charge on any atom is 0.0725 e. The first kappa shape index (κ1) is 51.8. The van der Waals surface area contributed by atoms with Crippen molar-refractivity contribution in [2.24, 2.45) is 0 Å². The van der Waals surface area contributed by atoms with Crippen molar-refractivity contribution in [1.82, 2.24) is 0 Å². The van der Waals surface area contributed by atoms with E-state index < -0.39 is 5.41 Å². The Kier molecular flexibility index (Phi) is 10.8.